The number of piperidine rings is 1. The molecule has 1 spiro atoms. The van der Waals surface area contributed by atoms with E-state index in [0.717, 1.165) is 31.3 Å². The number of hydrogen-bond acceptors (Lipinski definition) is 4. The van der Waals surface area contributed by atoms with Gasteiger partial charge in [0.1, 0.15) is 5.58 Å². The van der Waals surface area contributed by atoms with Gasteiger partial charge in [-0.2, -0.15) is 0 Å². The lowest BCUT2D eigenvalue weighted by Crippen LogP contribution is -2.63. The molecule has 180 valence electrons. The minimum Gasteiger partial charge on any atom is -0.464 e. The molecule has 2 atom stereocenters. The Morgan fingerprint density at radius 3 is 2.68 bits per heavy atom. The second kappa shape index (κ2) is 9.14. The van der Waals surface area contributed by atoms with E-state index in [4.69, 9.17) is 4.42 Å². The number of fused-ring (bicyclic) bond motifs is 1. The van der Waals surface area contributed by atoms with E-state index in [0.29, 0.717) is 17.4 Å². The lowest BCUT2D eigenvalue weighted by Gasteiger charge is -2.60. The van der Waals surface area contributed by atoms with Gasteiger partial charge < -0.3 is 9.73 Å². The van der Waals surface area contributed by atoms with Gasteiger partial charge in [-0.15, -0.1) is 0 Å². The smallest absolute Gasteiger partial charge is 0.133 e. The highest BCUT2D eigenvalue weighted by molar-refractivity contribution is 5.77. The SMILES string of the molecule is CC(C)c1ccccc1C1CN(Cc2ccc3occc3c2)CCN1C1CCC12CCNCC2. The predicted octanol–water partition coefficient (Wildman–Crippen LogP) is 5.95. The van der Waals surface area contributed by atoms with Gasteiger partial charge in [0.15, 0.2) is 0 Å². The van der Waals surface area contributed by atoms with Crippen molar-refractivity contribution in [3.8, 4) is 0 Å². The summed E-state index contributed by atoms with van der Waals surface area (Å²) in [7, 11) is 0. The molecule has 1 aliphatic carbocycles. The summed E-state index contributed by atoms with van der Waals surface area (Å²) in [5.74, 6) is 0.547. The van der Waals surface area contributed by atoms with Crippen LogP contribution in [0.2, 0.25) is 0 Å². The summed E-state index contributed by atoms with van der Waals surface area (Å²) in [6.45, 7) is 11.5. The first-order valence-corrected chi connectivity index (χ1v) is 13.4. The van der Waals surface area contributed by atoms with Crippen molar-refractivity contribution in [2.45, 2.75) is 64.1 Å². The lowest BCUT2D eigenvalue weighted by atomic mass is 9.58. The molecule has 3 fully saturated rings. The zero-order chi connectivity index (χ0) is 23.1. The number of nitrogens with one attached hydrogen (secondary N) is 1. The van der Waals surface area contributed by atoms with Crippen LogP contribution in [-0.4, -0.2) is 48.6 Å². The topological polar surface area (TPSA) is 31.7 Å². The van der Waals surface area contributed by atoms with Crippen LogP contribution < -0.4 is 5.32 Å². The second-order valence-corrected chi connectivity index (χ2v) is 11.2. The molecule has 0 bridgehead atoms. The molecular formula is C30H39N3O. The molecule has 0 radical (unpaired) electrons. The third kappa shape index (κ3) is 4.00. The molecule has 2 saturated heterocycles. The second-order valence-electron chi connectivity index (χ2n) is 11.2. The van der Waals surface area contributed by atoms with Gasteiger partial charge >= 0.3 is 0 Å². The largest absolute Gasteiger partial charge is 0.464 e. The van der Waals surface area contributed by atoms with Crippen LogP contribution in [-0.2, 0) is 6.54 Å². The number of rotatable bonds is 5. The molecule has 4 nitrogen and oxygen atoms in total. The van der Waals surface area contributed by atoms with E-state index in [9.17, 15) is 0 Å². The van der Waals surface area contributed by atoms with Crippen LogP contribution in [0.1, 0.15) is 68.2 Å². The van der Waals surface area contributed by atoms with Crippen molar-refractivity contribution in [2.75, 3.05) is 32.7 Å². The van der Waals surface area contributed by atoms with Crippen LogP contribution in [0.25, 0.3) is 11.0 Å². The maximum atomic E-state index is 5.56. The number of benzene rings is 2. The van der Waals surface area contributed by atoms with Crippen molar-refractivity contribution >= 4 is 11.0 Å². The molecule has 1 N–H and O–H groups in total. The van der Waals surface area contributed by atoms with E-state index in [1.807, 2.05) is 0 Å². The summed E-state index contributed by atoms with van der Waals surface area (Å²) in [5, 5.41) is 4.82. The highest BCUT2D eigenvalue weighted by Gasteiger charge is 2.51. The van der Waals surface area contributed by atoms with Crippen molar-refractivity contribution in [3.05, 3.63) is 71.5 Å². The van der Waals surface area contributed by atoms with Gasteiger partial charge in [-0.3, -0.25) is 9.80 Å². The standard InChI is InChI=1S/C30H39N3O/c1-22(2)25-5-3-4-6-26(25)27-21-32(20-23-7-8-28-24(19-23)10-18-34-28)16-17-33(27)29-9-11-30(29)12-14-31-15-13-30/h3-8,10,18-19,22,27,29,31H,9,11-17,20-21H2,1-2H3. The molecule has 2 unspecified atom stereocenters. The summed E-state index contributed by atoms with van der Waals surface area (Å²) >= 11 is 0. The van der Waals surface area contributed by atoms with E-state index in [2.05, 4.69) is 77.5 Å². The monoisotopic (exact) mass is 457 g/mol. The zero-order valence-electron chi connectivity index (χ0n) is 20.8. The van der Waals surface area contributed by atoms with Crippen LogP contribution in [0.15, 0.2) is 59.2 Å². The Labute approximate surface area is 204 Å². The molecule has 1 saturated carbocycles. The molecule has 3 heterocycles. The summed E-state index contributed by atoms with van der Waals surface area (Å²) in [5.41, 5.74) is 6.00. The molecule has 1 aromatic heterocycles. The number of nitrogens with zero attached hydrogens (tertiary/aromatic N) is 2. The fraction of sp³-hybridized carbons (Fsp3) is 0.533. The Bertz CT molecular complexity index is 1130. The maximum absolute atomic E-state index is 5.56. The van der Waals surface area contributed by atoms with Gasteiger partial charge in [0, 0.05) is 43.6 Å². The zero-order valence-corrected chi connectivity index (χ0v) is 20.8. The molecule has 6 rings (SSSR count). The molecule has 3 aromatic rings. The Morgan fingerprint density at radius 1 is 1.03 bits per heavy atom. The minimum absolute atomic E-state index is 0.474. The third-order valence-corrected chi connectivity index (χ3v) is 9.03. The molecule has 34 heavy (non-hydrogen) atoms. The summed E-state index contributed by atoms with van der Waals surface area (Å²) in [4.78, 5) is 5.62. The van der Waals surface area contributed by atoms with Crippen molar-refractivity contribution in [1.29, 1.82) is 0 Å². The molecule has 2 aliphatic heterocycles. The molecule has 3 aliphatic rings. The summed E-state index contributed by atoms with van der Waals surface area (Å²) < 4.78 is 5.56. The molecular weight excluding hydrogens is 418 g/mol. The van der Waals surface area contributed by atoms with Crippen LogP contribution in [0.5, 0.6) is 0 Å². The van der Waals surface area contributed by atoms with Crippen LogP contribution in [0.4, 0.5) is 0 Å². The maximum Gasteiger partial charge on any atom is 0.133 e. The van der Waals surface area contributed by atoms with Gasteiger partial charge in [-0.05, 0) is 85.0 Å². The van der Waals surface area contributed by atoms with Gasteiger partial charge in [0.2, 0.25) is 0 Å². The van der Waals surface area contributed by atoms with E-state index < -0.39 is 0 Å². The highest BCUT2D eigenvalue weighted by Crippen LogP contribution is 2.53. The van der Waals surface area contributed by atoms with Gasteiger partial charge in [0.25, 0.3) is 0 Å². The third-order valence-electron chi connectivity index (χ3n) is 9.03. The first-order chi connectivity index (χ1) is 16.6. The van der Waals surface area contributed by atoms with Crippen LogP contribution in [0.3, 0.4) is 0 Å². The average molecular weight is 458 g/mol. The van der Waals surface area contributed by atoms with Crippen molar-refractivity contribution < 1.29 is 4.42 Å². The van der Waals surface area contributed by atoms with E-state index in [1.165, 1.54) is 61.8 Å². The Morgan fingerprint density at radius 2 is 1.88 bits per heavy atom. The number of hydrogen-bond donors (Lipinski definition) is 1. The van der Waals surface area contributed by atoms with Crippen LogP contribution in [0, 0.1) is 5.41 Å². The number of piperazine rings is 1. The fourth-order valence-corrected chi connectivity index (χ4v) is 7.07. The first kappa shape index (κ1) is 22.3. The summed E-state index contributed by atoms with van der Waals surface area (Å²) in [6, 6.07) is 19.2. The normalized spacial score (nSPS) is 25.7. The summed E-state index contributed by atoms with van der Waals surface area (Å²) in [6.07, 6.45) is 7.28. The molecule has 4 heteroatoms. The minimum atomic E-state index is 0.474. The van der Waals surface area contributed by atoms with E-state index in [-0.39, 0.29) is 0 Å². The quantitative estimate of drug-likeness (QED) is 0.513. The lowest BCUT2D eigenvalue weighted by molar-refractivity contribution is -0.0905. The molecule has 2 aromatic carbocycles. The Kier molecular flexibility index (Phi) is 6.00. The fourth-order valence-electron chi connectivity index (χ4n) is 7.07. The van der Waals surface area contributed by atoms with Gasteiger partial charge in [-0.1, -0.05) is 44.2 Å². The van der Waals surface area contributed by atoms with E-state index >= 15 is 0 Å². The van der Waals surface area contributed by atoms with Gasteiger partial charge in [-0.25, -0.2) is 0 Å². The van der Waals surface area contributed by atoms with Crippen LogP contribution >= 0.6 is 0 Å². The molecule has 0 amide bonds. The Hall–Kier alpha value is -2.14. The highest BCUT2D eigenvalue weighted by atomic mass is 16.3. The number of furan rings is 1. The van der Waals surface area contributed by atoms with Gasteiger partial charge in [0.05, 0.1) is 6.26 Å². The van der Waals surface area contributed by atoms with Crippen molar-refractivity contribution in [1.82, 2.24) is 15.1 Å². The van der Waals surface area contributed by atoms with Crippen molar-refractivity contribution in [3.63, 3.8) is 0 Å². The average Bonchev–Trinajstić information content (AvgIpc) is 3.33. The van der Waals surface area contributed by atoms with Crippen molar-refractivity contribution in [2.24, 2.45) is 5.41 Å². The first-order valence-electron chi connectivity index (χ1n) is 13.4. The van der Waals surface area contributed by atoms with E-state index in [1.54, 1.807) is 11.8 Å². The Balaban J connectivity index is 1.29. The predicted molar refractivity (Wildman–Crippen MR) is 139 cm³/mol.